The summed E-state index contributed by atoms with van der Waals surface area (Å²) in [5, 5.41) is 6.21. The fourth-order valence-electron chi connectivity index (χ4n) is 2.34. The number of carbonyl (C=O) groups is 2. The highest BCUT2D eigenvalue weighted by Gasteiger charge is 2.30. The fraction of sp³-hybridized carbons (Fsp3) is 0.235. The first-order valence-corrected chi connectivity index (χ1v) is 8.57. The second-order valence-corrected chi connectivity index (χ2v) is 6.39. The molecular weight excluding hydrogens is 324 g/mol. The molecule has 0 aliphatic carbocycles. The van der Waals surface area contributed by atoms with Crippen LogP contribution in [0.2, 0.25) is 0 Å². The van der Waals surface area contributed by atoms with Gasteiger partial charge in [-0.2, -0.15) is 0 Å². The van der Waals surface area contributed by atoms with Crippen LogP contribution in [-0.4, -0.2) is 30.2 Å². The van der Waals surface area contributed by atoms with Crippen molar-refractivity contribution in [1.82, 2.24) is 10.7 Å². The van der Waals surface area contributed by atoms with Crippen LogP contribution in [0.4, 0.5) is 5.69 Å². The molecule has 0 fully saturated rings. The van der Waals surface area contributed by atoms with Crippen LogP contribution in [0.25, 0.3) is 0 Å². The molecule has 2 N–H and O–H groups in total. The molecule has 0 radical (unpaired) electrons. The summed E-state index contributed by atoms with van der Waals surface area (Å²) < 4.78 is 0. The van der Waals surface area contributed by atoms with Gasteiger partial charge in [-0.3, -0.25) is 15.0 Å². The van der Waals surface area contributed by atoms with Gasteiger partial charge >= 0.3 is 0 Å². The molecule has 1 atom stereocenters. The Labute approximate surface area is 144 Å². The zero-order valence-electron chi connectivity index (χ0n) is 13.2. The first-order valence-electron chi connectivity index (χ1n) is 7.69. The predicted molar refractivity (Wildman–Crippen MR) is 95.0 cm³/mol. The SMILES string of the molecule is CC1N=C(C(=O)NCCc2cccs2)NN(c2ccccc2)C1=O. The van der Waals surface area contributed by atoms with Gasteiger partial charge in [0, 0.05) is 11.4 Å². The van der Waals surface area contributed by atoms with Gasteiger partial charge in [-0.25, -0.2) is 10.0 Å². The average Bonchev–Trinajstić information content (AvgIpc) is 3.11. The smallest absolute Gasteiger partial charge is 0.288 e. The van der Waals surface area contributed by atoms with Gasteiger partial charge in [0.05, 0.1) is 5.69 Å². The number of benzene rings is 1. The maximum atomic E-state index is 12.3. The summed E-state index contributed by atoms with van der Waals surface area (Å²) >= 11 is 1.66. The van der Waals surface area contributed by atoms with Crippen molar-refractivity contribution in [3.63, 3.8) is 0 Å². The minimum Gasteiger partial charge on any atom is -0.349 e. The van der Waals surface area contributed by atoms with E-state index in [1.807, 2.05) is 35.7 Å². The highest BCUT2D eigenvalue weighted by Crippen LogP contribution is 2.15. The molecule has 2 heterocycles. The van der Waals surface area contributed by atoms with E-state index in [1.54, 1.807) is 30.4 Å². The first-order chi connectivity index (χ1) is 11.6. The van der Waals surface area contributed by atoms with Gasteiger partial charge in [0.15, 0.2) is 0 Å². The predicted octanol–water partition coefficient (Wildman–Crippen LogP) is 1.75. The van der Waals surface area contributed by atoms with Gasteiger partial charge in [-0.05, 0) is 36.9 Å². The largest absolute Gasteiger partial charge is 0.349 e. The van der Waals surface area contributed by atoms with Gasteiger partial charge in [0.1, 0.15) is 6.04 Å². The Morgan fingerprint density at radius 2 is 2.08 bits per heavy atom. The lowest BCUT2D eigenvalue weighted by Crippen LogP contribution is -2.58. The number of para-hydroxylation sites is 1. The molecule has 24 heavy (non-hydrogen) atoms. The number of anilines is 1. The highest BCUT2D eigenvalue weighted by molar-refractivity contribution is 7.09. The van der Waals surface area contributed by atoms with Crippen molar-refractivity contribution >= 4 is 34.7 Å². The third kappa shape index (κ3) is 3.62. The van der Waals surface area contributed by atoms with Crippen molar-refractivity contribution < 1.29 is 9.59 Å². The standard InChI is InChI=1S/C17H18N4O2S/c1-12-17(23)21(13-6-3-2-4-7-13)20-15(19-12)16(22)18-10-9-14-8-5-11-24-14/h2-8,11-12H,9-10H2,1H3,(H,18,22)(H,19,20). The van der Waals surface area contributed by atoms with Crippen molar-refractivity contribution in [3.8, 4) is 0 Å². The molecule has 1 aromatic heterocycles. The molecule has 0 saturated heterocycles. The summed E-state index contributed by atoms with van der Waals surface area (Å²) in [6.07, 6.45) is 0.771. The molecule has 1 aliphatic rings. The van der Waals surface area contributed by atoms with Crippen LogP contribution in [0, 0.1) is 0 Å². The summed E-state index contributed by atoms with van der Waals surface area (Å²) in [4.78, 5) is 30.0. The van der Waals surface area contributed by atoms with Crippen LogP contribution in [0.15, 0.2) is 52.8 Å². The van der Waals surface area contributed by atoms with Crippen molar-refractivity contribution in [2.24, 2.45) is 4.99 Å². The van der Waals surface area contributed by atoms with Crippen LogP contribution in [0.1, 0.15) is 11.8 Å². The molecule has 3 rings (SSSR count). The Morgan fingerprint density at radius 3 is 2.79 bits per heavy atom. The Bertz CT molecular complexity index is 743. The summed E-state index contributed by atoms with van der Waals surface area (Å²) in [5.41, 5.74) is 3.49. The van der Waals surface area contributed by atoms with Gasteiger partial charge in [0.2, 0.25) is 5.84 Å². The lowest BCUT2D eigenvalue weighted by molar-refractivity contribution is -0.120. The highest BCUT2D eigenvalue weighted by atomic mass is 32.1. The zero-order chi connectivity index (χ0) is 16.9. The van der Waals surface area contributed by atoms with Crippen LogP contribution in [-0.2, 0) is 16.0 Å². The molecular formula is C17H18N4O2S. The second kappa shape index (κ2) is 7.27. The number of nitrogens with one attached hydrogen (secondary N) is 2. The third-order valence-corrected chi connectivity index (χ3v) is 4.52. The normalized spacial score (nSPS) is 17.2. The Hall–Kier alpha value is -2.67. The maximum Gasteiger partial charge on any atom is 0.288 e. The van der Waals surface area contributed by atoms with Crippen molar-refractivity contribution in [1.29, 1.82) is 0 Å². The number of amides is 2. The van der Waals surface area contributed by atoms with E-state index in [9.17, 15) is 9.59 Å². The number of rotatable bonds is 5. The van der Waals surface area contributed by atoms with Gasteiger partial charge in [-0.1, -0.05) is 24.3 Å². The minimum atomic E-state index is -0.607. The van der Waals surface area contributed by atoms with Crippen molar-refractivity contribution in [2.75, 3.05) is 11.6 Å². The van der Waals surface area contributed by atoms with E-state index >= 15 is 0 Å². The Morgan fingerprint density at radius 1 is 1.29 bits per heavy atom. The monoisotopic (exact) mass is 342 g/mol. The molecule has 0 saturated carbocycles. The number of aliphatic imine (C=N–C) groups is 1. The fourth-order valence-corrected chi connectivity index (χ4v) is 3.05. The lowest BCUT2D eigenvalue weighted by atomic mass is 10.2. The quantitative estimate of drug-likeness (QED) is 0.869. The van der Waals surface area contributed by atoms with Crippen molar-refractivity contribution in [2.45, 2.75) is 19.4 Å². The first kappa shape index (κ1) is 16.2. The number of hydrogen-bond donors (Lipinski definition) is 2. The van der Waals surface area contributed by atoms with E-state index in [0.717, 1.165) is 6.42 Å². The molecule has 7 heteroatoms. The number of hydrazine groups is 1. The summed E-state index contributed by atoms with van der Waals surface area (Å²) in [7, 11) is 0. The minimum absolute atomic E-state index is 0.150. The van der Waals surface area contributed by atoms with Gasteiger partial charge in [0.25, 0.3) is 11.8 Å². The van der Waals surface area contributed by atoms with E-state index in [2.05, 4.69) is 15.7 Å². The van der Waals surface area contributed by atoms with Crippen LogP contribution in [0.5, 0.6) is 0 Å². The topological polar surface area (TPSA) is 73.8 Å². The zero-order valence-corrected chi connectivity index (χ0v) is 14.0. The second-order valence-electron chi connectivity index (χ2n) is 5.36. The number of amidine groups is 1. The van der Waals surface area contributed by atoms with Crippen LogP contribution in [0.3, 0.4) is 0 Å². The Balaban J connectivity index is 1.65. The number of carbonyl (C=O) groups excluding carboxylic acids is 2. The number of nitrogens with zero attached hydrogens (tertiary/aromatic N) is 2. The molecule has 2 amide bonds. The van der Waals surface area contributed by atoms with E-state index < -0.39 is 6.04 Å². The molecule has 0 spiro atoms. The molecule has 1 aromatic carbocycles. The van der Waals surface area contributed by atoms with E-state index in [0.29, 0.717) is 12.2 Å². The van der Waals surface area contributed by atoms with Crippen LogP contribution < -0.4 is 15.8 Å². The number of thiophene rings is 1. The maximum absolute atomic E-state index is 12.3. The number of hydrogen-bond acceptors (Lipinski definition) is 5. The average molecular weight is 342 g/mol. The molecule has 124 valence electrons. The Kier molecular flexibility index (Phi) is 4.90. The van der Waals surface area contributed by atoms with Gasteiger partial charge < -0.3 is 5.32 Å². The van der Waals surface area contributed by atoms with E-state index in [1.165, 1.54) is 9.89 Å². The summed E-state index contributed by atoms with van der Waals surface area (Å²) in [5.74, 6) is -0.361. The summed E-state index contributed by atoms with van der Waals surface area (Å²) in [6, 6.07) is 12.6. The molecule has 2 aromatic rings. The van der Waals surface area contributed by atoms with E-state index in [-0.39, 0.29) is 17.6 Å². The van der Waals surface area contributed by atoms with Gasteiger partial charge in [-0.15, -0.1) is 11.3 Å². The lowest BCUT2D eigenvalue weighted by Gasteiger charge is -2.30. The summed E-state index contributed by atoms with van der Waals surface area (Å²) in [6.45, 7) is 2.20. The third-order valence-electron chi connectivity index (χ3n) is 3.58. The molecule has 1 aliphatic heterocycles. The van der Waals surface area contributed by atoms with Crippen molar-refractivity contribution in [3.05, 3.63) is 52.7 Å². The molecule has 1 unspecified atom stereocenters. The van der Waals surface area contributed by atoms with Crippen LogP contribution >= 0.6 is 11.3 Å². The van der Waals surface area contributed by atoms with E-state index in [4.69, 9.17) is 0 Å². The molecule has 6 nitrogen and oxygen atoms in total. The molecule has 0 bridgehead atoms.